The third kappa shape index (κ3) is 5.06. The third-order valence-corrected chi connectivity index (χ3v) is 6.54. The number of benzene rings is 1. The minimum absolute atomic E-state index is 0.145. The zero-order chi connectivity index (χ0) is 19.3. The first-order chi connectivity index (χ1) is 12.3. The van der Waals surface area contributed by atoms with Gasteiger partial charge in [0.25, 0.3) is 0 Å². The number of carbonyl (C=O) groups excluding carboxylic acids is 1. The van der Waals surface area contributed by atoms with Gasteiger partial charge in [-0.05, 0) is 54.4 Å². The lowest BCUT2D eigenvalue weighted by molar-refractivity contribution is -0.140. The maximum Gasteiger partial charge on any atom is 0.305 e. The molecule has 1 aromatic rings. The molecule has 0 saturated heterocycles. The van der Waals surface area contributed by atoms with Gasteiger partial charge in [-0.3, -0.25) is 4.79 Å². The fraction of sp³-hybridized carbons (Fsp3) is 0.650. The summed E-state index contributed by atoms with van der Waals surface area (Å²) in [6.45, 7) is 11.0. The molecule has 0 aromatic heterocycles. The monoisotopic (exact) mass is 394 g/mol. The molecule has 0 N–H and O–H groups in total. The van der Waals surface area contributed by atoms with Crippen LogP contribution < -0.4 is 0 Å². The van der Waals surface area contributed by atoms with Gasteiger partial charge in [0, 0.05) is 11.8 Å². The van der Waals surface area contributed by atoms with Gasteiger partial charge in [-0.2, -0.15) is 0 Å². The molecule has 0 unspecified atom stereocenters. The molecule has 1 saturated carbocycles. The first-order valence-corrected chi connectivity index (χ1v) is 13.8. The third-order valence-electron chi connectivity index (χ3n) is 5.27. The van der Waals surface area contributed by atoms with E-state index in [1.54, 1.807) is 0 Å². The lowest BCUT2D eigenvalue weighted by atomic mass is 9.78. The Labute approximate surface area is 162 Å². The topological polar surface area (TPSA) is 44.8 Å². The van der Waals surface area contributed by atoms with Crippen molar-refractivity contribution in [2.45, 2.75) is 77.2 Å². The van der Waals surface area contributed by atoms with Crippen molar-refractivity contribution in [3.05, 3.63) is 34.4 Å². The summed E-state index contributed by atoms with van der Waals surface area (Å²) >= 11 is 0. The maximum absolute atomic E-state index is 11.5. The Kier molecular flexibility index (Phi) is 7.64. The lowest BCUT2D eigenvalue weighted by Crippen LogP contribution is -2.40. The molecule has 146 valence electrons. The van der Waals surface area contributed by atoms with Gasteiger partial charge >= 0.3 is 5.97 Å². The molecule has 4 nitrogen and oxygen atoms in total. The minimum Gasteiger partial charge on any atom is -0.469 e. The van der Waals surface area contributed by atoms with Crippen LogP contribution in [-0.2, 0) is 30.2 Å². The summed E-state index contributed by atoms with van der Waals surface area (Å²) in [7, 11) is 0.357. The molecule has 0 radical (unpaired) electrons. The van der Waals surface area contributed by atoms with Crippen molar-refractivity contribution < 1.29 is 18.4 Å². The lowest BCUT2D eigenvalue weighted by Gasteiger charge is -2.37. The van der Waals surface area contributed by atoms with Crippen molar-refractivity contribution in [1.29, 1.82) is 0 Å². The van der Waals surface area contributed by atoms with Crippen LogP contribution in [0.4, 0.5) is 0 Å². The molecule has 0 atom stereocenters. The number of ether oxygens (including phenoxy) is 1. The molecule has 0 aliphatic heterocycles. The molecular weight excluding hydrogens is 360 g/mol. The Morgan fingerprint density at radius 2 is 1.85 bits per heavy atom. The highest BCUT2D eigenvalue weighted by Gasteiger charge is 2.38. The van der Waals surface area contributed by atoms with Gasteiger partial charge in [-0.15, -0.1) is 0 Å². The summed E-state index contributed by atoms with van der Waals surface area (Å²) in [5.74, 6) is 0.490. The Morgan fingerprint density at radius 1 is 1.23 bits per heavy atom. The molecule has 1 aliphatic carbocycles. The molecule has 26 heavy (non-hydrogen) atoms. The minimum atomic E-state index is -0.546. The van der Waals surface area contributed by atoms with E-state index in [9.17, 15) is 4.79 Å². The summed E-state index contributed by atoms with van der Waals surface area (Å²) < 4.78 is 17.0. The number of rotatable bonds is 10. The highest BCUT2D eigenvalue weighted by Crippen LogP contribution is 2.46. The van der Waals surface area contributed by atoms with Crippen LogP contribution in [0.3, 0.4) is 0 Å². The van der Waals surface area contributed by atoms with Crippen molar-refractivity contribution in [3.63, 3.8) is 0 Å². The van der Waals surface area contributed by atoms with Crippen LogP contribution in [0.15, 0.2) is 12.1 Å². The van der Waals surface area contributed by atoms with Crippen LogP contribution in [0.5, 0.6) is 0 Å². The fourth-order valence-electron chi connectivity index (χ4n) is 3.56. The average Bonchev–Trinajstić information content (AvgIpc) is 3.44. The standard InChI is InChI=1S/C20H34O4Si2/c1-13-11-17(20(2,3)19(23-25-5)24-26-6)16(14-7-8-14)12-15(13)9-10-18(21)22-4/h11-12,14,19H,7-10,25-26H2,1-6H3. The zero-order valence-corrected chi connectivity index (χ0v) is 20.0. The van der Waals surface area contributed by atoms with Crippen LogP contribution in [0.25, 0.3) is 0 Å². The van der Waals surface area contributed by atoms with Gasteiger partial charge < -0.3 is 13.6 Å². The summed E-state index contributed by atoms with van der Waals surface area (Å²) in [5, 5.41) is 0. The van der Waals surface area contributed by atoms with Gasteiger partial charge in [-0.25, -0.2) is 0 Å². The summed E-state index contributed by atoms with van der Waals surface area (Å²) in [6, 6.07) is 4.64. The normalized spacial score (nSPS) is 16.7. The summed E-state index contributed by atoms with van der Waals surface area (Å²) in [5.41, 5.74) is 5.10. The Hall–Kier alpha value is -0.956. The van der Waals surface area contributed by atoms with E-state index in [1.165, 1.54) is 42.2 Å². The number of esters is 1. The Bertz CT molecular complexity index is 620. The van der Waals surface area contributed by atoms with Crippen LogP contribution >= 0.6 is 0 Å². The van der Waals surface area contributed by atoms with Crippen LogP contribution in [0.1, 0.15) is 61.3 Å². The van der Waals surface area contributed by atoms with E-state index < -0.39 is 19.5 Å². The van der Waals surface area contributed by atoms with Gasteiger partial charge in [0.2, 0.25) is 0 Å². The highest BCUT2D eigenvalue weighted by atomic mass is 28.2. The molecule has 1 fully saturated rings. The van der Waals surface area contributed by atoms with Gasteiger partial charge in [0.1, 0.15) is 6.29 Å². The van der Waals surface area contributed by atoms with Gasteiger partial charge in [0.15, 0.2) is 19.5 Å². The molecule has 6 heteroatoms. The first-order valence-electron chi connectivity index (χ1n) is 9.79. The second-order valence-corrected chi connectivity index (χ2v) is 9.50. The molecule has 2 rings (SSSR count). The number of hydrogen-bond acceptors (Lipinski definition) is 4. The van der Waals surface area contributed by atoms with Crippen molar-refractivity contribution in [2.24, 2.45) is 0 Å². The van der Waals surface area contributed by atoms with Crippen LogP contribution in [0, 0.1) is 6.92 Å². The smallest absolute Gasteiger partial charge is 0.305 e. The Morgan fingerprint density at radius 3 is 2.35 bits per heavy atom. The zero-order valence-electron chi connectivity index (χ0n) is 17.2. The SMILES string of the molecule is COC(=O)CCc1cc(C2CC2)c(C(C)(C)C(O[SiH2]C)O[SiH2]C)cc1C. The predicted octanol–water partition coefficient (Wildman–Crippen LogP) is 2.88. The Balaban J connectivity index is 2.37. The second-order valence-electron chi connectivity index (χ2n) is 7.68. The molecule has 1 aliphatic rings. The molecule has 0 bridgehead atoms. The quantitative estimate of drug-likeness (QED) is 0.348. The van der Waals surface area contributed by atoms with E-state index in [0.717, 1.165) is 6.42 Å². The maximum atomic E-state index is 11.5. The predicted molar refractivity (Wildman–Crippen MR) is 111 cm³/mol. The van der Waals surface area contributed by atoms with E-state index in [4.69, 9.17) is 13.6 Å². The molecule has 0 amide bonds. The summed E-state index contributed by atoms with van der Waals surface area (Å²) in [6.07, 6.45) is 3.52. The first kappa shape index (κ1) is 21.3. The van der Waals surface area contributed by atoms with E-state index in [2.05, 4.69) is 46.0 Å². The van der Waals surface area contributed by atoms with E-state index in [-0.39, 0.29) is 17.7 Å². The van der Waals surface area contributed by atoms with E-state index in [1.807, 2.05) is 0 Å². The van der Waals surface area contributed by atoms with E-state index >= 15 is 0 Å². The molecule has 1 aromatic carbocycles. The molecule has 0 spiro atoms. The van der Waals surface area contributed by atoms with Gasteiger partial charge in [-0.1, -0.05) is 39.1 Å². The number of aryl methyl sites for hydroxylation is 2. The van der Waals surface area contributed by atoms with E-state index in [0.29, 0.717) is 12.3 Å². The fourth-order valence-corrected chi connectivity index (χ4v) is 5.39. The molecular formula is C20H34O4Si2. The molecule has 0 heterocycles. The summed E-state index contributed by atoms with van der Waals surface area (Å²) in [4.78, 5) is 11.5. The average molecular weight is 395 g/mol. The van der Waals surface area contributed by atoms with Crippen LogP contribution in [0.2, 0.25) is 13.1 Å². The van der Waals surface area contributed by atoms with Crippen molar-refractivity contribution in [2.75, 3.05) is 7.11 Å². The van der Waals surface area contributed by atoms with Crippen molar-refractivity contribution in [1.82, 2.24) is 0 Å². The van der Waals surface area contributed by atoms with Crippen molar-refractivity contribution >= 4 is 25.5 Å². The van der Waals surface area contributed by atoms with Gasteiger partial charge in [0.05, 0.1) is 7.11 Å². The highest BCUT2D eigenvalue weighted by molar-refractivity contribution is 6.26. The van der Waals surface area contributed by atoms with Crippen molar-refractivity contribution in [3.8, 4) is 0 Å². The number of methoxy groups -OCH3 is 1. The second kappa shape index (κ2) is 9.30. The van der Waals surface area contributed by atoms with Crippen LogP contribution in [-0.4, -0.2) is 38.9 Å². The number of carbonyl (C=O) groups is 1. The largest absolute Gasteiger partial charge is 0.469 e. The number of hydrogen-bond donors (Lipinski definition) is 0.